The van der Waals surface area contributed by atoms with E-state index in [1.165, 1.54) is 5.56 Å². The van der Waals surface area contributed by atoms with Crippen LogP contribution in [0.4, 0.5) is 0 Å². The van der Waals surface area contributed by atoms with E-state index in [0.717, 1.165) is 22.9 Å². The van der Waals surface area contributed by atoms with E-state index in [2.05, 4.69) is 60.6 Å². The number of aryl methyl sites for hydroxylation is 1. The Kier molecular flexibility index (Phi) is 5.26. The van der Waals surface area contributed by atoms with Gasteiger partial charge in [0.25, 0.3) is 0 Å². The van der Waals surface area contributed by atoms with Gasteiger partial charge in [0, 0.05) is 0 Å². The van der Waals surface area contributed by atoms with Crippen LogP contribution in [0, 0.1) is 0 Å². The Labute approximate surface area is 133 Å². The molecular weight excluding hydrogens is 310 g/mol. The van der Waals surface area contributed by atoms with Gasteiger partial charge in [-0.15, -0.1) is 0 Å². The molecule has 0 saturated carbocycles. The average Bonchev–Trinajstić information content (AvgIpc) is 2.23. The first-order chi connectivity index (χ1) is 8.78. The SMILES string of the molecule is CCc1cc(C(C)(C)C)c([PH](O)(Cl)Cl)c(C(C)(C)C)c1. The molecule has 0 aliphatic rings. The van der Waals surface area contributed by atoms with Gasteiger partial charge in [-0.25, -0.2) is 0 Å². The summed E-state index contributed by atoms with van der Waals surface area (Å²) in [6.45, 7) is 14.9. The molecule has 0 saturated heterocycles. The monoisotopic (exact) mass is 336 g/mol. The van der Waals surface area contributed by atoms with Crippen LogP contribution in [0.1, 0.15) is 65.2 Å². The molecule has 0 spiro atoms. The summed E-state index contributed by atoms with van der Waals surface area (Å²) in [7, 11) is 0. The third-order valence-electron chi connectivity index (χ3n) is 3.52. The molecule has 20 heavy (non-hydrogen) atoms. The van der Waals surface area contributed by atoms with Crippen molar-refractivity contribution in [2.24, 2.45) is 0 Å². The van der Waals surface area contributed by atoms with E-state index in [9.17, 15) is 4.89 Å². The van der Waals surface area contributed by atoms with Crippen LogP contribution in [0.5, 0.6) is 0 Å². The zero-order valence-corrected chi connectivity index (χ0v) is 16.1. The first-order valence-electron chi connectivity index (χ1n) is 7.07. The molecule has 1 nitrogen and oxygen atoms in total. The molecule has 0 atom stereocenters. The van der Waals surface area contributed by atoms with Crippen molar-refractivity contribution in [1.29, 1.82) is 0 Å². The summed E-state index contributed by atoms with van der Waals surface area (Å²) in [6.07, 6.45) is -2.48. The van der Waals surface area contributed by atoms with Crippen molar-refractivity contribution in [3.05, 3.63) is 28.8 Å². The van der Waals surface area contributed by atoms with Crippen molar-refractivity contribution < 1.29 is 4.89 Å². The van der Waals surface area contributed by atoms with Crippen LogP contribution in [0.25, 0.3) is 0 Å². The Bertz CT molecular complexity index is 456. The fourth-order valence-electron chi connectivity index (χ4n) is 2.41. The molecule has 116 valence electrons. The zero-order valence-electron chi connectivity index (χ0n) is 13.6. The van der Waals surface area contributed by atoms with E-state index in [1.807, 2.05) is 0 Å². The minimum atomic E-state index is -3.43. The summed E-state index contributed by atoms with van der Waals surface area (Å²) < 4.78 is 0. The van der Waals surface area contributed by atoms with E-state index in [1.54, 1.807) is 0 Å². The topological polar surface area (TPSA) is 20.2 Å². The molecule has 0 fully saturated rings. The molecule has 0 unspecified atom stereocenters. The van der Waals surface area contributed by atoms with Gasteiger partial charge in [-0.2, -0.15) is 0 Å². The molecule has 1 rings (SSSR count). The Morgan fingerprint density at radius 3 is 1.50 bits per heavy atom. The molecule has 4 heteroatoms. The Morgan fingerprint density at radius 1 is 0.950 bits per heavy atom. The number of hydrogen-bond acceptors (Lipinski definition) is 1. The van der Waals surface area contributed by atoms with E-state index in [-0.39, 0.29) is 10.8 Å². The second-order valence-corrected chi connectivity index (χ2v) is 12.9. The Morgan fingerprint density at radius 2 is 1.30 bits per heavy atom. The third kappa shape index (κ3) is 4.10. The fraction of sp³-hybridized carbons (Fsp3) is 0.625. The van der Waals surface area contributed by atoms with E-state index < -0.39 is 6.19 Å². The second kappa shape index (κ2) is 5.76. The summed E-state index contributed by atoms with van der Waals surface area (Å²) in [5.74, 6) is 0. The average molecular weight is 337 g/mol. The van der Waals surface area contributed by atoms with Crippen molar-refractivity contribution in [2.75, 3.05) is 0 Å². The number of halogens is 2. The summed E-state index contributed by atoms with van der Waals surface area (Å²) >= 11 is 12.5. The van der Waals surface area contributed by atoms with Crippen molar-refractivity contribution >= 4 is 34.0 Å². The van der Waals surface area contributed by atoms with Crippen LogP contribution < -0.4 is 5.30 Å². The first kappa shape index (κ1) is 18.2. The Balaban J connectivity index is 3.83. The van der Waals surface area contributed by atoms with Crippen LogP contribution in [-0.4, -0.2) is 4.89 Å². The standard InChI is InChI=1S/C16H27Cl2OP/c1-8-11-9-12(15(2,3)4)14(20(17,18)19)13(10-11)16(5,6)7/h9-10,19-20H,8H2,1-7H3. The van der Waals surface area contributed by atoms with Gasteiger partial charge in [0.05, 0.1) is 0 Å². The third-order valence-corrected chi connectivity index (χ3v) is 5.80. The summed E-state index contributed by atoms with van der Waals surface area (Å²) in [5.41, 5.74) is 3.19. The molecule has 0 aromatic heterocycles. The molecule has 0 radical (unpaired) electrons. The van der Waals surface area contributed by atoms with Gasteiger partial charge in [0.15, 0.2) is 0 Å². The van der Waals surface area contributed by atoms with Gasteiger partial charge in [-0.3, -0.25) is 0 Å². The summed E-state index contributed by atoms with van der Waals surface area (Å²) in [6, 6.07) is 4.29. The van der Waals surface area contributed by atoms with Gasteiger partial charge in [-0.05, 0) is 0 Å². The van der Waals surface area contributed by atoms with Gasteiger partial charge in [0.1, 0.15) is 0 Å². The van der Waals surface area contributed by atoms with Crippen molar-refractivity contribution in [3.8, 4) is 0 Å². The fourth-order valence-corrected chi connectivity index (χ4v) is 5.18. The molecule has 0 aliphatic heterocycles. The van der Waals surface area contributed by atoms with Crippen LogP contribution >= 0.6 is 28.7 Å². The van der Waals surface area contributed by atoms with Crippen LogP contribution in [0.3, 0.4) is 0 Å². The van der Waals surface area contributed by atoms with Gasteiger partial charge < -0.3 is 0 Å². The van der Waals surface area contributed by atoms with Crippen LogP contribution in [0.2, 0.25) is 0 Å². The van der Waals surface area contributed by atoms with Gasteiger partial charge in [0.2, 0.25) is 0 Å². The maximum atomic E-state index is 10.4. The molecule has 0 heterocycles. The molecule has 0 bridgehead atoms. The van der Waals surface area contributed by atoms with Crippen molar-refractivity contribution in [2.45, 2.75) is 65.7 Å². The number of rotatable bonds is 2. The van der Waals surface area contributed by atoms with Crippen LogP contribution in [-0.2, 0) is 17.3 Å². The minimum absolute atomic E-state index is 0.106. The predicted molar refractivity (Wildman–Crippen MR) is 95.1 cm³/mol. The molecule has 1 aromatic rings. The molecular formula is C16H27Cl2OP. The first-order valence-corrected chi connectivity index (χ1v) is 11.0. The Hall–Kier alpha value is 0.190. The van der Waals surface area contributed by atoms with Gasteiger partial charge in [-0.1, -0.05) is 0 Å². The predicted octanol–water partition coefficient (Wildman–Crippen LogP) is 5.43. The molecule has 0 aliphatic carbocycles. The van der Waals surface area contributed by atoms with E-state index >= 15 is 0 Å². The molecule has 1 aromatic carbocycles. The second-order valence-electron chi connectivity index (χ2n) is 7.46. The molecule has 0 amide bonds. The zero-order chi connectivity index (χ0) is 15.9. The van der Waals surface area contributed by atoms with Crippen LogP contribution in [0.15, 0.2) is 12.1 Å². The number of hydrogen-bond donors (Lipinski definition) is 1. The van der Waals surface area contributed by atoms with Crippen molar-refractivity contribution in [3.63, 3.8) is 0 Å². The van der Waals surface area contributed by atoms with E-state index in [0.29, 0.717) is 0 Å². The van der Waals surface area contributed by atoms with E-state index in [4.69, 9.17) is 22.5 Å². The summed E-state index contributed by atoms with van der Waals surface area (Å²) in [5, 5.41) is 0.776. The summed E-state index contributed by atoms with van der Waals surface area (Å²) in [4.78, 5) is 10.4. The molecule has 1 N–H and O–H groups in total. The maximum absolute atomic E-state index is 10.4. The number of benzene rings is 1. The quantitative estimate of drug-likeness (QED) is 0.713. The van der Waals surface area contributed by atoms with Gasteiger partial charge >= 0.3 is 133 Å². The van der Waals surface area contributed by atoms with Crippen molar-refractivity contribution in [1.82, 2.24) is 0 Å². The normalized spacial score (nSPS) is 14.5.